The van der Waals surface area contributed by atoms with Gasteiger partial charge in [0.1, 0.15) is 5.25 Å². The summed E-state index contributed by atoms with van der Waals surface area (Å²) in [4.78, 5) is 26.5. The molecule has 4 rings (SSSR count). The van der Waals surface area contributed by atoms with Gasteiger partial charge in [-0.15, -0.1) is 11.8 Å². The Balaban J connectivity index is 1.48. The maximum Gasteiger partial charge on any atom is 0.248 e. The fraction of sp³-hybridized carbons (Fsp3) is 0.0345. The largest absolute Gasteiger partial charge is 0.325 e. The molecule has 0 radical (unpaired) electrons. The van der Waals surface area contributed by atoms with Gasteiger partial charge in [-0.25, -0.2) is 0 Å². The summed E-state index contributed by atoms with van der Waals surface area (Å²) in [7, 11) is 0. The van der Waals surface area contributed by atoms with Crippen LogP contribution in [0.4, 0.5) is 11.4 Å². The molecule has 0 aliphatic carbocycles. The zero-order valence-corrected chi connectivity index (χ0v) is 21.1. The first kappa shape index (κ1) is 24.5. The lowest BCUT2D eigenvalue weighted by Crippen LogP contribution is -2.19. The minimum Gasteiger partial charge on any atom is -0.325 e. The fourth-order valence-corrected chi connectivity index (χ4v) is 4.69. The van der Waals surface area contributed by atoms with Gasteiger partial charge >= 0.3 is 0 Å². The van der Waals surface area contributed by atoms with Gasteiger partial charge in [0.05, 0.1) is 0 Å². The monoisotopic (exact) mass is 542 g/mol. The van der Waals surface area contributed by atoms with Gasteiger partial charge in [0.15, 0.2) is 0 Å². The SMILES string of the molecule is O=C(/C=C/c1ccccc1)Nc1cccc(SC(C(=O)Nc2ccc(Br)cc2)c2ccccc2)c1. The molecule has 1 unspecified atom stereocenters. The molecule has 1 atom stereocenters. The van der Waals surface area contributed by atoms with Crippen molar-refractivity contribution in [2.45, 2.75) is 10.1 Å². The Morgan fingerprint density at radius 1 is 0.743 bits per heavy atom. The molecule has 0 saturated carbocycles. The Kier molecular flexibility index (Phi) is 8.54. The highest BCUT2D eigenvalue weighted by atomic mass is 79.9. The molecule has 0 saturated heterocycles. The fourth-order valence-electron chi connectivity index (χ4n) is 3.35. The van der Waals surface area contributed by atoms with Crippen molar-refractivity contribution in [1.82, 2.24) is 0 Å². The Bertz CT molecular complexity index is 1310. The van der Waals surface area contributed by atoms with E-state index in [-0.39, 0.29) is 11.8 Å². The lowest BCUT2D eigenvalue weighted by molar-refractivity contribution is -0.116. The van der Waals surface area contributed by atoms with Crippen molar-refractivity contribution in [1.29, 1.82) is 0 Å². The van der Waals surface area contributed by atoms with Crippen molar-refractivity contribution in [2.24, 2.45) is 0 Å². The van der Waals surface area contributed by atoms with E-state index in [9.17, 15) is 9.59 Å². The minimum absolute atomic E-state index is 0.122. The van der Waals surface area contributed by atoms with Crippen LogP contribution in [0.1, 0.15) is 16.4 Å². The van der Waals surface area contributed by atoms with E-state index in [1.807, 2.05) is 109 Å². The summed E-state index contributed by atoms with van der Waals surface area (Å²) in [5, 5.41) is 5.43. The summed E-state index contributed by atoms with van der Waals surface area (Å²) in [6.07, 6.45) is 3.28. The van der Waals surface area contributed by atoms with Crippen molar-refractivity contribution in [3.8, 4) is 0 Å². The molecule has 0 spiro atoms. The van der Waals surface area contributed by atoms with E-state index >= 15 is 0 Å². The van der Waals surface area contributed by atoms with Crippen LogP contribution in [0.2, 0.25) is 0 Å². The lowest BCUT2D eigenvalue weighted by atomic mass is 10.1. The third kappa shape index (κ3) is 7.44. The zero-order valence-electron chi connectivity index (χ0n) is 18.7. The standard InChI is InChI=1S/C29H23BrN2O2S/c30-23-15-17-24(18-16-23)32-29(34)28(22-10-5-2-6-11-22)35-26-13-7-12-25(20-26)31-27(33)19-14-21-8-3-1-4-9-21/h1-20,28H,(H,31,33)(H,32,34)/b19-14+. The molecular formula is C29H23BrN2O2S. The lowest BCUT2D eigenvalue weighted by Gasteiger charge is -2.18. The number of hydrogen-bond donors (Lipinski definition) is 2. The maximum absolute atomic E-state index is 13.3. The Hall–Kier alpha value is -3.61. The Labute approximate surface area is 217 Å². The normalized spacial score (nSPS) is 11.7. The summed E-state index contributed by atoms with van der Waals surface area (Å²) in [5.41, 5.74) is 3.24. The summed E-state index contributed by atoms with van der Waals surface area (Å²) in [6, 6.07) is 34.3. The molecule has 0 heterocycles. The number of carbonyl (C=O) groups is 2. The quantitative estimate of drug-likeness (QED) is 0.178. The number of rotatable bonds is 8. The number of benzene rings is 4. The molecule has 4 aromatic carbocycles. The number of thioether (sulfide) groups is 1. The van der Waals surface area contributed by atoms with Gasteiger partial charge in [-0.3, -0.25) is 9.59 Å². The molecule has 6 heteroatoms. The van der Waals surface area contributed by atoms with Crippen molar-refractivity contribution in [3.63, 3.8) is 0 Å². The first-order chi connectivity index (χ1) is 17.1. The summed E-state index contributed by atoms with van der Waals surface area (Å²) >= 11 is 4.85. The van der Waals surface area contributed by atoms with Crippen LogP contribution in [0.3, 0.4) is 0 Å². The van der Waals surface area contributed by atoms with Crippen LogP contribution in [-0.2, 0) is 9.59 Å². The highest BCUT2D eigenvalue weighted by Crippen LogP contribution is 2.37. The van der Waals surface area contributed by atoms with Crippen LogP contribution < -0.4 is 10.6 Å². The van der Waals surface area contributed by atoms with Crippen LogP contribution in [0.5, 0.6) is 0 Å². The van der Waals surface area contributed by atoms with Gasteiger partial charge < -0.3 is 10.6 Å². The predicted octanol–water partition coefficient (Wildman–Crippen LogP) is 7.57. The molecule has 174 valence electrons. The second-order valence-corrected chi connectivity index (χ2v) is 9.76. The van der Waals surface area contributed by atoms with Crippen LogP contribution in [0, 0.1) is 0 Å². The average molecular weight is 543 g/mol. The molecule has 35 heavy (non-hydrogen) atoms. The molecule has 0 aliphatic heterocycles. The highest BCUT2D eigenvalue weighted by molar-refractivity contribution is 9.10. The smallest absolute Gasteiger partial charge is 0.248 e. The Morgan fingerprint density at radius 3 is 2.14 bits per heavy atom. The first-order valence-corrected chi connectivity index (χ1v) is 12.7. The number of halogens is 1. The van der Waals surface area contributed by atoms with Crippen molar-refractivity contribution >= 4 is 57.0 Å². The topological polar surface area (TPSA) is 58.2 Å². The second kappa shape index (κ2) is 12.2. The third-order valence-electron chi connectivity index (χ3n) is 5.03. The van der Waals surface area contributed by atoms with Gasteiger partial charge in [-0.2, -0.15) is 0 Å². The van der Waals surface area contributed by atoms with E-state index in [4.69, 9.17) is 0 Å². The van der Waals surface area contributed by atoms with E-state index in [1.54, 1.807) is 6.08 Å². The Morgan fingerprint density at radius 2 is 1.43 bits per heavy atom. The molecule has 2 amide bonds. The van der Waals surface area contributed by atoms with Gasteiger partial charge in [0.2, 0.25) is 11.8 Å². The number of anilines is 2. The maximum atomic E-state index is 13.3. The molecule has 0 aromatic heterocycles. The number of nitrogens with one attached hydrogen (secondary N) is 2. The van der Waals surface area contributed by atoms with E-state index in [0.717, 1.165) is 26.2 Å². The average Bonchev–Trinajstić information content (AvgIpc) is 2.89. The van der Waals surface area contributed by atoms with Crippen LogP contribution in [0.15, 0.2) is 125 Å². The van der Waals surface area contributed by atoms with Gasteiger partial charge in [-0.05, 0) is 59.7 Å². The van der Waals surface area contributed by atoms with Crippen molar-refractivity contribution in [3.05, 3.63) is 131 Å². The molecule has 2 N–H and O–H groups in total. The van der Waals surface area contributed by atoms with E-state index in [0.29, 0.717) is 5.69 Å². The first-order valence-electron chi connectivity index (χ1n) is 11.0. The van der Waals surface area contributed by atoms with Crippen molar-refractivity contribution < 1.29 is 9.59 Å². The third-order valence-corrected chi connectivity index (χ3v) is 6.81. The molecule has 4 aromatic rings. The van der Waals surface area contributed by atoms with Gasteiger partial charge in [0, 0.05) is 26.8 Å². The molecule has 0 fully saturated rings. The van der Waals surface area contributed by atoms with E-state index in [1.165, 1.54) is 17.8 Å². The molecule has 4 nitrogen and oxygen atoms in total. The summed E-state index contributed by atoms with van der Waals surface area (Å²) in [6.45, 7) is 0. The van der Waals surface area contributed by atoms with Crippen molar-refractivity contribution in [2.75, 3.05) is 10.6 Å². The predicted molar refractivity (Wildman–Crippen MR) is 148 cm³/mol. The zero-order chi connectivity index (χ0) is 24.5. The van der Waals surface area contributed by atoms with Crippen LogP contribution in [0.25, 0.3) is 6.08 Å². The summed E-state index contributed by atoms with van der Waals surface area (Å²) < 4.78 is 0.946. The number of hydrogen-bond acceptors (Lipinski definition) is 3. The highest BCUT2D eigenvalue weighted by Gasteiger charge is 2.22. The summed E-state index contributed by atoms with van der Waals surface area (Å²) in [5.74, 6) is -0.340. The van der Waals surface area contributed by atoms with Gasteiger partial charge in [0.25, 0.3) is 0 Å². The molecule has 0 bridgehead atoms. The number of amides is 2. The van der Waals surface area contributed by atoms with Crippen LogP contribution in [-0.4, -0.2) is 11.8 Å². The van der Waals surface area contributed by atoms with Crippen LogP contribution >= 0.6 is 27.7 Å². The van der Waals surface area contributed by atoms with E-state index in [2.05, 4.69) is 26.6 Å². The molecular weight excluding hydrogens is 520 g/mol. The van der Waals surface area contributed by atoms with E-state index < -0.39 is 5.25 Å². The van der Waals surface area contributed by atoms with Gasteiger partial charge in [-0.1, -0.05) is 82.7 Å². The number of carbonyl (C=O) groups excluding carboxylic acids is 2. The molecule has 0 aliphatic rings. The second-order valence-electron chi connectivity index (χ2n) is 7.67. The minimum atomic E-state index is -0.469.